The predicted octanol–water partition coefficient (Wildman–Crippen LogP) is 3.58. The van der Waals surface area contributed by atoms with E-state index in [0.29, 0.717) is 22.2 Å². The Kier molecular flexibility index (Phi) is 4.48. The van der Waals surface area contributed by atoms with E-state index in [1.165, 1.54) is 6.08 Å². The number of allylic oxidation sites excluding steroid dienone is 1. The highest BCUT2D eigenvalue weighted by molar-refractivity contribution is 6.31. The molecule has 4 nitrogen and oxygen atoms in total. The van der Waals surface area contributed by atoms with Crippen LogP contribution in [0.25, 0.3) is 6.08 Å². The van der Waals surface area contributed by atoms with E-state index in [1.54, 1.807) is 44.7 Å². The number of ether oxygens (including phenoxy) is 2. The number of hydrogen-bond acceptors (Lipinski definition) is 3. The lowest BCUT2D eigenvalue weighted by Crippen LogP contribution is -1.94. The van der Waals surface area contributed by atoms with Crippen LogP contribution in [0.5, 0.6) is 11.5 Å². The fourth-order valence-electron chi connectivity index (χ4n) is 1.73. The van der Waals surface area contributed by atoms with Crippen LogP contribution in [0.1, 0.15) is 16.1 Å². The highest BCUT2D eigenvalue weighted by atomic mass is 35.5. The molecule has 0 bridgehead atoms. The molecule has 0 radical (unpaired) electrons. The molecule has 2 rings (SSSR count). The Bertz CT molecular complexity index is 646. The Labute approximate surface area is 122 Å². The molecular formula is C15H14ClNO3. The highest BCUT2D eigenvalue weighted by Gasteiger charge is 2.05. The summed E-state index contributed by atoms with van der Waals surface area (Å²) in [5, 5.41) is 0.507. The first kappa shape index (κ1) is 14.2. The molecule has 5 heteroatoms. The van der Waals surface area contributed by atoms with Gasteiger partial charge in [-0.05, 0) is 29.8 Å². The average Bonchev–Trinajstić information content (AvgIpc) is 2.91. The van der Waals surface area contributed by atoms with Crippen LogP contribution >= 0.6 is 11.6 Å². The third-order valence-corrected chi connectivity index (χ3v) is 2.97. The van der Waals surface area contributed by atoms with Crippen LogP contribution in [-0.4, -0.2) is 25.0 Å². The van der Waals surface area contributed by atoms with Gasteiger partial charge in [0.1, 0.15) is 0 Å². The molecular weight excluding hydrogens is 278 g/mol. The van der Waals surface area contributed by atoms with E-state index in [1.807, 2.05) is 6.07 Å². The summed E-state index contributed by atoms with van der Waals surface area (Å²) < 4.78 is 10.4. The van der Waals surface area contributed by atoms with E-state index in [-0.39, 0.29) is 5.78 Å². The van der Waals surface area contributed by atoms with Crippen LogP contribution in [0.4, 0.5) is 0 Å². The van der Waals surface area contributed by atoms with Crippen molar-refractivity contribution in [3.8, 4) is 11.5 Å². The number of benzene rings is 1. The van der Waals surface area contributed by atoms with Crippen molar-refractivity contribution < 1.29 is 14.3 Å². The van der Waals surface area contributed by atoms with E-state index in [4.69, 9.17) is 21.1 Å². The second-order valence-corrected chi connectivity index (χ2v) is 4.48. The lowest BCUT2D eigenvalue weighted by molar-refractivity contribution is 0.104. The maximum Gasteiger partial charge on any atom is 0.202 e. The third kappa shape index (κ3) is 3.22. The Morgan fingerprint density at radius 2 is 1.95 bits per heavy atom. The van der Waals surface area contributed by atoms with Crippen molar-refractivity contribution in [3.05, 3.63) is 52.8 Å². The highest BCUT2D eigenvalue weighted by Crippen LogP contribution is 2.28. The van der Waals surface area contributed by atoms with Gasteiger partial charge < -0.3 is 14.5 Å². The topological polar surface area (TPSA) is 51.3 Å². The van der Waals surface area contributed by atoms with E-state index in [2.05, 4.69) is 4.98 Å². The number of ketones is 1. The van der Waals surface area contributed by atoms with E-state index in [0.717, 1.165) is 5.56 Å². The summed E-state index contributed by atoms with van der Waals surface area (Å²) in [6.07, 6.45) is 4.75. The van der Waals surface area contributed by atoms with Crippen molar-refractivity contribution in [1.29, 1.82) is 0 Å². The van der Waals surface area contributed by atoms with Gasteiger partial charge in [-0.1, -0.05) is 23.7 Å². The van der Waals surface area contributed by atoms with Gasteiger partial charge in [0, 0.05) is 6.20 Å². The van der Waals surface area contributed by atoms with Gasteiger partial charge in [0.2, 0.25) is 5.78 Å². The Hall–Kier alpha value is -2.20. The van der Waals surface area contributed by atoms with Crippen LogP contribution in [0, 0.1) is 0 Å². The smallest absolute Gasteiger partial charge is 0.202 e. The van der Waals surface area contributed by atoms with E-state index < -0.39 is 0 Å². The van der Waals surface area contributed by atoms with E-state index >= 15 is 0 Å². The summed E-state index contributed by atoms with van der Waals surface area (Å²) in [4.78, 5) is 14.7. The number of rotatable bonds is 5. The molecule has 0 saturated heterocycles. The second kappa shape index (κ2) is 6.30. The quantitative estimate of drug-likeness (QED) is 0.676. The number of nitrogens with one attached hydrogen (secondary N) is 1. The lowest BCUT2D eigenvalue weighted by atomic mass is 10.1. The van der Waals surface area contributed by atoms with Gasteiger partial charge in [-0.25, -0.2) is 0 Å². The molecule has 0 aliphatic heterocycles. The molecule has 1 aromatic heterocycles. The molecule has 0 fully saturated rings. The van der Waals surface area contributed by atoms with Crippen molar-refractivity contribution in [2.45, 2.75) is 0 Å². The van der Waals surface area contributed by atoms with Crippen LogP contribution in [0.15, 0.2) is 36.5 Å². The van der Waals surface area contributed by atoms with Crippen molar-refractivity contribution in [3.63, 3.8) is 0 Å². The van der Waals surface area contributed by atoms with Crippen LogP contribution in [-0.2, 0) is 0 Å². The zero-order valence-electron chi connectivity index (χ0n) is 11.1. The fourth-order valence-corrected chi connectivity index (χ4v) is 1.89. The minimum Gasteiger partial charge on any atom is -0.493 e. The van der Waals surface area contributed by atoms with Crippen LogP contribution < -0.4 is 9.47 Å². The number of halogens is 1. The summed E-state index contributed by atoms with van der Waals surface area (Å²) in [5.41, 5.74) is 1.29. The molecule has 0 aliphatic rings. The number of carbonyl (C=O) groups is 1. The fraction of sp³-hybridized carbons (Fsp3) is 0.133. The summed E-state index contributed by atoms with van der Waals surface area (Å²) in [7, 11) is 3.14. The molecule has 1 N–H and O–H groups in total. The first-order chi connectivity index (χ1) is 9.63. The lowest BCUT2D eigenvalue weighted by Gasteiger charge is -2.07. The molecule has 0 atom stereocenters. The summed E-state index contributed by atoms with van der Waals surface area (Å²) >= 11 is 5.76. The number of H-pyrrole nitrogens is 1. The minimum absolute atomic E-state index is 0.147. The van der Waals surface area contributed by atoms with E-state index in [9.17, 15) is 4.79 Å². The van der Waals surface area contributed by atoms with Gasteiger partial charge in [-0.2, -0.15) is 0 Å². The van der Waals surface area contributed by atoms with Crippen molar-refractivity contribution in [2.75, 3.05) is 14.2 Å². The molecule has 2 aromatic rings. The second-order valence-electron chi connectivity index (χ2n) is 4.04. The largest absolute Gasteiger partial charge is 0.493 e. The molecule has 0 aliphatic carbocycles. The minimum atomic E-state index is -0.147. The molecule has 0 amide bonds. The Morgan fingerprint density at radius 1 is 1.20 bits per heavy atom. The Morgan fingerprint density at radius 3 is 2.55 bits per heavy atom. The number of methoxy groups -OCH3 is 2. The van der Waals surface area contributed by atoms with Crippen LogP contribution in [0.3, 0.4) is 0 Å². The van der Waals surface area contributed by atoms with Gasteiger partial charge in [0.05, 0.1) is 24.9 Å². The molecule has 0 spiro atoms. The predicted molar refractivity (Wildman–Crippen MR) is 78.7 cm³/mol. The van der Waals surface area contributed by atoms with Crippen molar-refractivity contribution in [2.24, 2.45) is 0 Å². The molecule has 1 aromatic carbocycles. The zero-order valence-corrected chi connectivity index (χ0v) is 11.9. The first-order valence-electron chi connectivity index (χ1n) is 5.92. The monoisotopic (exact) mass is 291 g/mol. The summed E-state index contributed by atoms with van der Waals surface area (Å²) in [6, 6.07) is 7.01. The Balaban J connectivity index is 2.17. The zero-order chi connectivity index (χ0) is 14.5. The number of carbonyl (C=O) groups excluding carboxylic acids is 1. The maximum atomic E-state index is 11.9. The van der Waals surface area contributed by atoms with Crippen molar-refractivity contribution >= 4 is 23.5 Å². The third-order valence-electron chi connectivity index (χ3n) is 2.75. The van der Waals surface area contributed by atoms with Gasteiger partial charge in [0.15, 0.2) is 11.5 Å². The van der Waals surface area contributed by atoms with Gasteiger partial charge in [-0.15, -0.1) is 0 Å². The molecule has 20 heavy (non-hydrogen) atoms. The average molecular weight is 292 g/mol. The van der Waals surface area contributed by atoms with Gasteiger partial charge >= 0.3 is 0 Å². The first-order valence-corrected chi connectivity index (χ1v) is 6.30. The number of aromatic amines is 1. The summed E-state index contributed by atoms with van der Waals surface area (Å²) in [6.45, 7) is 0. The van der Waals surface area contributed by atoms with Crippen molar-refractivity contribution in [1.82, 2.24) is 4.98 Å². The molecule has 0 saturated carbocycles. The van der Waals surface area contributed by atoms with Crippen LogP contribution in [0.2, 0.25) is 5.02 Å². The molecule has 104 valence electrons. The van der Waals surface area contributed by atoms with Gasteiger partial charge in [0.25, 0.3) is 0 Å². The SMILES string of the molecule is COc1ccc(/C=C/C(=O)c2cc(Cl)c[nH]2)cc1OC. The standard InChI is InChI=1S/C15H14ClNO3/c1-19-14-6-4-10(7-15(14)20-2)3-5-13(18)12-8-11(16)9-17-12/h3-9,17H,1-2H3/b5-3+. The normalized spacial score (nSPS) is 10.8. The number of hydrogen-bond donors (Lipinski definition) is 1. The molecule has 0 unspecified atom stereocenters. The van der Waals surface area contributed by atoms with Gasteiger partial charge in [-0.3, -0.25) is 4.79 Å². The summed E-state index contributed by atoms with van der Waals surface area (Å²) in [5.74, 6) is 1.11. The maximum absolute atomic E-state index is 11.9. The number of aromatic nitrogens is 1. The molecule has 1 heterocycles.